The van der Waals surface area contributed by atoms with Crippen molar-refractivity contribution in [2.45, 2.75) is 115 Å². The third-order valence-corrected chi connectivity index (χ3v) is 20.1. The highest BCUT2D eigenvalue weighted by Crippen LogP contribution is 2.47. The molecule has 4 aromatic rings. The normalized spacial score (nSPS) is 21.4. The fourth-order valence-electron chi connectivity index (χ4n) is 5.22. The van der Waals surface area contributed by atoms with Crippen LogP contribution in [0.25, 0.3) is 22.4 Å². The molecule has 250 valence electrons. The third kappa shape index (κ3) is 6.88. The number of hydrogen-bond acceptors (Lipinski definition) is 9. The van der Waals surface area contributed by atoms with Crippen molar-refractivity contribution in [1.82, 2.24) is 19.7 Å². The van der Waals surface area contributed by atoms with Crippen molar-refractivity contribution in [2.24, 2.45) is 0 Å². The largest absolute Gasteiger partial charge is 0.408 e. The van der Waals surface area contributed by atoms with Gasteiger partial charge < -0.3 is 28.4 Å². The number of aryl methyl sites for hydroxylation is 1. The highest BCUT2D eigenvalue weighted by molar-refractivity contribution is 7.98. The molecular weight excluding hydrogens is 631 g/mol. The number of thioether (sulfide) groups is 1. The van der Waals surface area contributed by atoms with Crippen molar-refractivity contribution in [3.05, 3.63) is 60.2 Å². The molecule has 4 atom stereocenters. The number of nitrogens with zero attached hydrogens (tertiary/aromatic N) is 4. The molecule has 1 aromatic carbocycles. The molecule has 1 aliphatic heterocycles. The first kappa shape index (κ1) is 34.8. The van der Waals surface area contributed by atoms with Crippen molar-refractivity contribution in [1.29, 1.82) is 0 Å². The van der Waals surface area contributed by atoms with Crippen molar-refractivity contribution in [3.63, 3.8) is 0 Å². The summed E-state index contributed by atoms with van der Waals surface area (Å²) in [7, 11) is -4.51. The van der Waals surface area contributed by atoms with Gasteiger partial charge in [0.05, 0.1) is 17.2 Å². The lowest BCUT2D eigenvalue weighted by Crippen LogP contribution is -2.53. The fraction of sp³-hybridized carbons (Fsp3) is 0.559. The molecule has 1 saturated heterocycles. The van der Waals surface area contributed by atoms with E-state index in [2.05, 4.69) is 99.6 Å². The molecule has 0 spiro atoms. The molecule has 3 aromatic heterocycles. The summed E-state index contributed by atoms with van der Waals surface area (Å²) in [5, 5.41) is 5.12. The van der Waals surface area contributed by atoms with Gasteiger partial charge in [-0.3, -0.25) is 0 Å². The minimum absolute atomic E-state index is 0.00306. The van der Waals surface area contributed by atoms with Gasteiger partial charge in [-0.15, -0.1) is 0 Å². The summed E-state index contributed by atoms with van der Waals surface area (Å²) in [5.41, 5.74) is 10.0. The average Bonchev–Trinajstić information content (AvgIpc) is 3.64. The van der Waals surface area contributed by atoms with E-state index >= 15 is 0 Å². The molecule has 12 heteroatoms. The fourth-order valence-corrected chi connectivity index (χ4v) is 8.98. The average molecular weight is 682 g/mol. The third-order valence-electron chi connectivity index (χ3n) is 10.1. The van der Waals surface area contributed by atoms with Gasteiger partial charge in [-0.25, -0.2) is 9.97 Å². The second kappa shape index (κ2) is 12.8. The molecule has 0 aliphatic carbocycles. The van der Waals surface area contributed by atoms with E-state index in [1.54, 1.807) is 0 Å². The van der Waals surface area contributed by atoms with Gasteiger partial charge in [-0.2, -0.15) is 11.8 Å². The number of aromatic nitrogens is 4. The number of nitrogen functional groups attached to an aromatic ring is 1. The van der Waals surface area contributed by atoms with Crippen molar-refractivity contribution >= 4 is 45.2 Å². The van der Waals surface area contributed by atoms with Gasteiger partial charge in [0.1, 0.15) is 30.0 Å². The van der Waals surface area contributed by atoms with E-state index in [1.165, 1.54) is 6.33 Å². The lowest BCUT2D eigenvalue weighted by Gasteiger charge is -2.44. The SMILES string of the molecule is Cc1noc(-c2ccccc2)c1CSC[C@H]1O[C@@H](n2ccc3c(N)ncnc32)[C@H](O[Si](C)(C)C(C)(C)C)[C@@H]1O[Si](C)(C)C(C)(C)C. The van der Waals surface area contributed by atoms with Gasteiger partial charge in [-0.1, -0.05) is 77.0 Å². The number of nitrogens with two attached hydrogens (primary N) is 1. The van der Waals surface area contributed by atoms with E-state index in [0.29, 0.717) is 11.6 Å². The quantitative estimate of drug-likeness (QED) is 0.165. The van der Waals surface area contributed by atoms with Crippen LogP contribution < -0.4 is 5.73 Å². The summed E-state index contributed by atoms with van der Waals surface area (Å²) in [6, 6.07) is 12.1. The van der Waals surface area contributed by atoms with Crippen molar-refractivity contribution < 1.29 is 18.1 Å². The Hall–Kier alpha value is -2.49. The smallest absolute Gasteiger partial charge is 0.192 e. The van der Waals surface area contributed by atoms with E-state index in [9.17, 15) is 0 Å². The zero-order valence-corrected chi connectivity index (χ0v) is 32.1. The van der Waals surface area contributed by atoms with Crippen LogP contribution in [0, 0.1) is 6.92 Å². The highest BCUT2D eigenvalue weighted by Gasteiger charge is 2.54. The van der Waals surface area contributed by atoms with Crippen LogP contribution in [0.4, 0.5) is 5.82 Å². The zero-order valence-electron chi connectivity index (χ0n) is 29.2. The number of hydrogen-bond donors (Lipinski definition) is 1. The standard InChI is InChI=1S/C34H51N5O4SSi2/c1-22-25(27(41-38-22)23-15-13-12-14-16-23)19-44-20-26-28(42-45(8,9)33(2,3)4)29(43-46(10,11)34(5,6)7)32(40-26)39-18-17-24-30(35)36-21-37-31(24)39/h12-18,21,26,28-29,32H,19-20H2,1-11H3,(H2,35,36,37)/t26-,28-,29-,32-/m1/s1. The number of anilines is 1. The maximum atomic E-state index is 7.31. The Labute approximate surface area is 280 Å². The van der Waals surface area contributed by atoms with E-state index in [1.807, 2.05) is 49.1 Å². The molecule has 9 nitrogen and oxygen atoms in total. The van der Waals surface area contributed by atoms with E-state index in [0.717, 1.165) is 39.4 Å². The Kier molecular flexibility index (Phi) is 9.73. The van der Waals surface area contributed by atoms with Crippen LogP contribution in [0.5, 0.6) is 0 Å². The van der Waals surface area contributed by atoms with Crippen LogP contribution in [-0.2, 0) is 19.3 Å². The van der Waals surface area contributed by atoms with Crippen LogP contribution in [0.1, 0.15) is 59.0 Å². The molecule has 0 saturated carbocycles. The number of fused-ring (bicyclic) bond motifs is 1. The van der Waals surface area contributed by atoms with Crippen LogP contribution in [0.2, 0.25) is 36.3 Å². The summed E-state index contributed by atoms with van der Waals surface area (Å²) in [4.78, 5) is 8.84. The molecule has 0 radical (unpaired) electrons. The molecule has 1 aliphatic rings. The maximum absolute atomic E-state index is 7.31. The van der Waals surface area contributed by atoms with Crippen molar-refractivity contribution in [3.8, 4) is 11.3 Å². The molecule has 2 N–H and O–H groups in total. The van der Waals surface area contributed by atoms with Gasteiger partial charge in [0.25, 0.3) is 0 Å². The van der Waals surface area contributed by atoms with Gasteiger partial charge in [0.2, 0.25) is 0 Å². The summed E-state index contributed by atoms with van der Waals surface area (Å²) in [6.45, 7) is 24.8. The highest BCUT2D eigenvalue weighted by atomic mass is 32.2. The first-order valence-electron chi connectivity index (χ1n) is 16.1. The van der Waals surface area contributed by atoms with Crippen LogP contribution in [0.3, 0.4) is 0 Å². The van der Waals surface area contributed by atoms with E-state index in [-0.39, 0.29) is 28.4 Å². The maximum Gasteiger partial charge on any atom is 0.192 e. The first-order valence-corrected chi connectivity index (χ1v) is 23.0. The van der Waals surface area contributed by atoms with Gasteiger partial charge in [0.15, 0.2) is 28.6 Å². The number of rotatable bonds is 10. The Morgan fingerprint density at radius 3 is 2.17 bits per heavy atom. The second-order valence-electron chi connectivity index (χ2n) is 15.4. The Morgan fingerprint density at radius 1 is 0.913 bits per heavy atom. The summed E-state index contributed by atoms with van der Waals surface area (Å²) >= 11 is 1.81. The molecule has 1 fully saturated rings. The Balaban J connectivity index is 1.52. The predicted molar refractivity (Wildman–Crippen MR) is 193 cm³/mol. The molecule has 5 rings (SSSR count). The summed E-state index contributed by atoms with van der Waals surface area (Å²) < 4.78 is 29.5. The predicted octanol–water partition coefficient (Wildman–Crippen LogP) is 8.59. The molecule has 0 unspecified atom stereocenters. The van der Waals surface area contributed by atoms with Crippen LogP contribution >= 0.6 is 11.8 Å². The topological polar surface area (TPSA) is 110 Å². The number of benzene rings is 1. The summed E-state index contributed by atoms with van der Waals surface area (Å²) in [5.74, 6) is 2.71. The van der Waals surface area contributed by atoms with E-state index < -0.39 is 22.9 Å². The first-order chi connectivity index (χ1) is 21.4. The second-order valence-corrected chi connectivity index (χ2v) is 26.0. The summed E-state index contributed by atoms with van der Waals surface area (Å²) in [6.07, 6.45) is 2.21. The van der Waals surface area contributed by atoms with Gasteiger partial charge in [-0.05, 0) is 49.3 Å². The molecular formula is C34H51N5O4SSi2. The van der Waals surface area contributed by atoms with Crippen LogP contribution in [-0.4, -0.2) is 60.4 Å². The molecule has 0 bridgehead atoms. The number of ether oxygens (including phenoxy) is 1. The Morgan fingerprint density at radius 2 is 1.54 bits per heavy atom. The zero-order chi connectivity index (χ0) is 33.7. The molecule has 4 heterocycles. The van der Waals surface area contributed by atoms with Crippen molar-refractivity contribution in [2.75, 3.05) is 11.5 Å². The van der Waals surface area contributed by atoms with Gasteiger partial charge >= 0.3 is 0 Å². The minimum atomic E-state index is -2.27. The molecule has 46 heavy (non-hydrogen) atoms. The monoisotopic (exact) mass is 681 g/mol. The lowest BCUT2D eigenvalue weighted by atomic mass is 10.1. The lowest BCUT2D eigenvalue weighted by molar-refractivity contribution is -0.0244. The van der Waals surface area contributed by atoms with Crippen LogP contribution in [0.15, 0.2) is 53.4 Å². The van der Waals surface area contributed by atoms with E-state index in [4.69, 9.17) is 23.8 Å². The molecule has 0 amide bonds. The van der Waals surface area contributed by atoms with Gasteiger partial charge in [0, 0.05) is 28.8 Å². The Bertz CT molecular complexity index is 1640. The minimum Gasteiger partial charge on any atom is -0.408 e.